The third-order valence-corrected chi connectivity index (χ3v) is 2.48. The predicted molar refractivity (Wildman–Crippen MR) is 67.8 cm³/mol. The Morgan fingerprint density at radius 2 is 2.23 bits per heavy atom. The number of carbonyl (C=O) groups is 1. The molecule has 1 rings (SSSR count). The van der Waals surface area contributed by atoms with E-state index >= 15 is 0 Å². The van der Waals surface area contributed by atoms with Gasteiger partial charge in [0, 0.05) is 12.5 Å². The summed E-state index contributed by atoms with van der Waals surface area (Å²) in [6, 6.07) is 0.104. The minimum absolute atomic E-state index is 0.104. The van der Waals surface area contributed by atoms with Crippen molar-refractivity contribution in [1.29, 1.82) is 0 Å². The fraction of sp³-hybridized carbons (Fsp3) is 0.333. The first-order valence-electron chi connectivity index (χ1n) is 5.85. The molecule has 1 atom stereocenters. The standard InChI is InChI=1S/C12H11F3N2O5/c1-3-4-6(2)22-10-7(12(13,14)15)5-8(17(20)21)9(16-10)11(18)19/h3,5-6H,1,4H2,2H3,(H,18,19)/t6-/m1/s1. The van der Waals surface area contributed by atoms with Crippen molar-refractivity contribution in [1.82, 2.24) is 4.98 Å². The van der Waals surface area contributed by atoms with Crippen molar-refractivity contribution in [2.75, 3.05) is 0 Å². The van der Waals surface area contributed by atoms with E-state index < -0.39 is 46.0 Å². The first kappa shape index (κ1) is 17.4. The zero-order valence-electron chi connectivity index (χ0n) is 11.3. The highest BCUT2D eigenvalue weighted by Crippen LogP contribution is 2.38. The molecule has 0 saturated heterocycles. The number of carboxylic acids is 1. The maximum Gasteiger partial charge on any atom is 0.421 e. The number of ether oxygens (including phenoxy) is 1. The van der Waals surface area contributed by atoms with Gasteiger partial charge in [-0.15, -0.1) is 6.58 Å². The molecular weight excluding hydrogens is 309 g/mol. The molecule has 0 aromatic carbocycles. The summed E-state index contributed by atoms with van der Waals surface area (Å²) in [7, 11) is 0. The zero-order valence-corrected chi connectivity index (χ0v) is 11.3. The molecule has 0 aliphatic carbocycles. The molecule has 0 unspecified atom stereocenters. The van der Waals surface area contributed by atoms with E-state index in [9.17, 15) is 28.1 Å². The van der Waals surface area contributed by atoms with Gasteiger partial charge >= 0.3 is 17.8 Å². The normalized spacial score (nSPS) is 12.5. The Hall–Kier alpha value is -2.65. The van der Waals surface area contributed by atoms with Crippen LogP contribution in [0.2, 0.25) is 0 Å². The van der Waals surface area contributed by atoms with E-state index in [1.54, 1.807) is 0 Å². The number of alkyl halides is 3. The maximum atomic E-state index is 13.0. The Morgan fingerprint density at radius 3 is 2.64 bits per heavy atom. The van der Waals surface area contributed by atoms with Gasteiger partial charge in [-0.1, -0.05) is 6.08 Å². The monoisotopic (exact) mass is 320 g/mol. The summed E-state index contributed by atoms with van der Waals surface area (Å²) in [5.74, 6) is -2.86. The van der Waals surface area contributed by atoms with E-state index in [4.69, 9.17) is 9.84 Å². The summed E-state index contributed by atoms with van der Waals surface area (Å²) in [5, 5.41) is 19.6. The number of rotatable bonds is 6. The van der Waals surface area contributed by atoms with Crippen LogP contribution in [0.4, 0.5) is 18.9 Å². The van der Waals surface area contributed by atoms with Crippen LogP contribution < -0.4 is 4.74 Å². The number of nitrogens with zero attached hydrogens (tertiary/aromatic N) is 2. The molecule has 0 saturated carbocycles. The maximum absolute atomic E-state index is 13.0. The third kappa shape index (κ3) is 3.93. The molecule has 0 radical (unpaired) electrons. The van der Waals surface area contributed by atoms with Crippen LogP contribution >= 0.6 is 0 Å². The summed E-state index contributed by atoms with van der Waals surface area (Å²) in [6.45, 7) is 4.81. The Labute approximate surface area is 122 Å². The van der Waals surface area contributed by atoms with Crippen molar-refractivity contribution in [2.45, 2.75) is 25.6 Å². The third-order valence-electron chi connectivity index (χ3n) is 2.48. The summed E-state index contributed by atoms with van der Waals surface area (Å²) < 4.78 is 43.8. The number of halogens is 3. The summed E-state index contributed by atoms with van der Waals surface area (Å²) in [4.78, 5) is 23.6. The van der Waals surface area contributed by atoms with Crippen molar-refractivity contribution in [3.05, 3.63) is 40.1 Å². The van der Waals surface area contributed by atoms with Crippen LogP contribution in [-0.4, -0.2) is 27.1 Å². The zero-order chi connectivity index (χ0) is 17.1. The van der Waals surface area contributed by atoms with Crippen LogP contribution in [0.25, 0.3) is 0 Å². The molecule has 7 nitrogen and oxygen atoms in total. The van der Waals surface area contributed by atoms with Crippen molar-refractivity contribution < 1.29 is 32.7 Å². The van der Waals surface area contributed by atoms with E-state index in [0.29, 0.717) is 0 Å². The van der Waals surface area contributed by atoms with Gasteiger partial charge in [-0.25, -0.2) is 4.79 Å². The Balaban J connectivity index is 3.51. The lowest BCUT2D eigenvalue weighted by molar-refractivity contribution is -0.385. The second-order valence-corrected chi connectivity index (χ2v) is 4.22. The van der Waals surface area contributed by atoms with Gasteiger partial charge in [-0.3, -0.25) is 10.1 Å². The average Bonchev–Trinajstić information content (AvgIpc) is 2.36. The molecule has 0 amide bonds. The van der Waals surface area contributed by atoms with Gasteiger partial charge < -0.3 is 9.84 Å². The van der Waals surface area contributed by atoms with Crippen LogP contribution in [0.3, 0.4) is 0 Å². The smallest absolute Gasteiger partial charge is 0.421 e. The van der Waals surface area contributed by atoms with Crippen LogP contribution in [0.5, 0.6) is 5.88 Å². The van der Waals surface area contributed by atoms with Crippen LogP contribution in [0, 0.1) is 10.1 Å². The highest BCUT2D eigenvalue weighted by atomic mass is 19.4. The highest BCUT2D eigenvalue weighted by molar-refractivity contribution is 5.90. The van der Waals surface area contributed by atoms with E-state index in [2.05, 4.69) is 11.6 Å². The quantitative estimate of drug-likeness (QED) is 0.491. The molecule has 0 bridgehead atoms. The highest BCUT2D eigenvalue weighted by Gasteiger charge is 2.40. The fourth-order valence-corrected chi connectivity index (χ4v) is 1.55. The van der Waals surface area contributed by atoms with E-state index in [-0.39, 0.29) is 12.5 Å². The molecule has 120 valence electrons. The summed E-state index contributed by atoms with van der Waals surface area (Å²) >= 11 is 0. The van der Waals surface area contributed by atoms with Gasteiger partial charge in [0.25, 0.3) is 0 Å². The molecule has 1 aromatic heterocycles. The number of hydrogen-bond acceptors (Lipinski definition) is 5. The fourth-order valence-electron chi connectivity index (χ4n) is 1.55. The van der Waals surface area contributed by atoms with Crippen molar-refractivity contribution >= 4 is 11.7 Å². The second-order valence-electron chi connectivity index (χ2n) is 4.22. The van der Waals surface area contributed by atoms with Gasteiger partial charge in [0.15, 0.2) is 0 Å². The van der Waals surface area contributed by atoms with Crippen molar-refractivity contribution in [2.24, 2.45) is 0 Å². The van der Waals surface area contributed by atoms with Gasteiger partial charge in [-0.05, 0) is 6.92 Å². The average molecular weight is 320 g/mol. The first-order chi connectivity index (χ1) is 10.1. The molecule has 22 heavy (non-hydrogen) atoms. The number of carboxylic acid groups (broad SMARTS) is 1. The molecule has 0 aliphatic rings. The van der Waals surface area contributed by atoms with Crippen LogP contribution in [0.15, 0.2) is 18.7 Å². The lowest BCUT2D eigenvalue weighted by Gasteiger charge is -2.17. The first-order valence-corrected chi connectivity index (χ1v) is 5.85. The number of aromatic carboxylic acids is 1. The molecular formula is C12H11F3N2O5. The summed E-state index contributed by atoms with van der Waals surface area (Å²) in [6.07, 6.45) is -4.19. The van der Waals surface area contributed by atoms with E-state index in [1.165, 1.54) is 13.0 Å². The lowest BCUT2D eigenvalue weighted by atomic mass is 10.2. The Bertz CT molecular complexity index is 616. The molecule has 10 heteroatoms. The van der Waals surface area contributed by atoms with Gasteiger partial charge in [0.05, 0.1) is 4.92 Å². The number of aromatic nitrogens is 1. The number of hydrogen-bond donors (Lipinski definition) is 1. The Morgan fingerprint density at radius 1 is 1.64 bits per heavy atom. The van der Waals surface area contributed by atoms with Crippen LogP contribution in [-0.2, 0) is 6.18 Å². The lowest BCUT2D eigenvalue weighted by Crippen LogP contribution is -2.19. The topological polar surface area (TPSA) is 103 Å². The Kier molecular flexibility index (Phi) is 5.07. The molecule has 1 heterocycles. The molecule has 0 spiro atoms. The van der Waals surface area contributed by atoms with E-state index in [0.717, 1.165) is 0 Å². The SMILES string of the molecule is C=CC[C@@H](C)Oc1nc(C(=O)O)c([N+](=O)[O-])cc1C(F)(F)F. The van der Waals surface area contributed by atoms with Gasteiger partial charge in [-0.2, -0.15) is 18.2 Å². The van der Waals surface area contributed by atoms with Crippen LogP contribution in [0.1, 0.15) is 29.4 Å². The molecule has 0 aliphatic heterocycles. The molecule has 1 aromatic rings. The van der Waals surface area contributed by atoms with Crippen molar-refractivity contribution in [3.63, 3.8) is 0 Å². The summed E-state index contributed by atoms with van der Waals surface area (Å²) in [5.41, 5.74) is -3.90. The van der Waals surface area contributed by atoms with E-state index in [1.807, 2.05) is 0 Å². The predicted octanol–water partition coefficient (Wildman–Crippen LogP) is 3.05. The second kappa shape index (κ2) is 6.41. The molecule has 0 fully saturated rings. The van der Waals surface area contributed by atoms with Crippen molar-refractivity contribution in [3.8, 4) is 5.88 Å². The minimum atomic E-state index is -4.99. The molecule has 1 N–H and O–H groups in total. The number of pyridine rings is 1. The number of nitro groups is 1. The van der Waals surface area contributed by atoms with Gasteiger partial charge in [0.2, 0.25) is 11.6 Å². The van der Waals surface area contributed by atoms with Gasteiger partial charge in [0.1, 0.15) is 11.7 Å². The largest absolute Gasteiger partial charge is 0.476 e. The minimum Gasteiger partial charge on any atom is -0.476 e.